The molecule has 1 aliphatic rings. The van der Waals surface area contributed by atoms with Crippen LogP contribution in [0.1, 0.15) is 51.0 Å². The van der Waals surface area contributed by atoms with Crippen LogP contribution in [0.25, 0.3) is 0 Å². The van der Waals surface area contributed by atoms with Gasteiger partial charge in [-0.25, -0.2) is 0 Å². The van der Waals surface area contributed by atoms with E-state index in [1.54, 1.807) is 0 Å². The van der Waals surface area contributed by atoms with Gasteiger partial charge in [-0.05, 0) is 51.0 Å². The average Bonchev–Trinajstić information content (AvgIpc) is 2.48. The molecule has 3 N–H and O–H groups in total. The number of nitrogens with one attached hydrogen (secondary N) is 1. The van der Waals surface area contributed by atoms with Crippen molar-refractivity contribution >= 4 is 5.91 Å². The maximum Gasteiger partial charge on any atom is 0.223 e. The molecule has 0 radical (unpaired) electrons. The Morgan fingerprint density at radius 2 is 1.80 bits per heavy atom. The van der Waals surface area contributed by atoms with Crippen molar-refractivity contribution in [2.45, 2.75) is 51.0 Å². The fourth-order valence-electron chi connectivity index (χ4n) is 2.90. The zero-order valence-electron chi connectivity index (χ0n) is 12.6. The van der Waals surface area contributed by atoms with Crippen molar-refractivity contribution in [3.63, 3.8) is 0 Å². The van der Waals surface area contributed by atoms with Crippen molar-refractivity contribution in [2.24, 2.45) is 11.7 Å². The summed E-state index contributed by atoms with van der Waals surface area (Å²) in [5.74, 6) is 0.940. The Morgan fingerprint density at radius 1 is 1.20 bits per heavy atom. The van der Waals surface area contributed by atoms with E-state index in [-0.39, 0.29) is 17.4 Å². The Kier molecular flexibility index (Phi) is 4.81. The third kappa shape index (κ3) is 3.83. The third-order valence-corrected chi connectivity index (χ3v) is 4.34. The molecule has 1 amide bonds. The van der Waals surface area contributed by atoms with Gasteiger partial charge in [0.15, 0.2) is 0 Å². The molecule has 20 heavy (non-hydrogen) atoms. The molecule has 0 unspecified atom stereocenters. The number of hydrogen-bond donors (Lipinski definition) is 2. The largest absolute Gasteiger partial charge is 0.350 e. The summed E-state index contributed by atoms with van der Waals surface area (Å²) in [6.45, 7) is 4.42. The fraction of sp³-hybridized carbons (Fsp3) is 0.588. The van der Waals surface area contributed by atoms with E-state index in [0.717, 1.165) is 25.7 Å². The maximum atomic E-state index is 12.2. The molecule has 0 heterocycles. The summed E-state index contributed by atoms with van der Waals surface area (Å²) >= 11 is 0. The van der Waals surface area contributed by atoms with Crippen LogP contribution in [0.3, 0.4) is 0 Å². The molecule has 1 aromatic rings. The summed E-state index contributed by atoms with van der Waals surface area (Å²) in [4.78, 5) is 12.2. The van der Waals surface area contributed by atoms with E-state index < -0.39 is 0 Å². The smallest absolute Gasteiger partial charge is 0.223 e. The number of benzene rings is 1. The van der Waals surface area contributed by atoms with E-state index in [1.165, 1.54) is 5.56 Å². The third-order valence-electron chi connectivity index (χ3n) is 4.34. The van der Waals surface area contributed by atoms with Gasteiger partial charge in [-0.3, -0.25) is 4.79 Å². The van der Waals surface area contributed by atoms with Crippen LogP contribution in [-0.4, -0.2) is 18.0 Å². The van der Waals surface area contributed by atoms with E-state index in [4.69, 9.17) is 5.73 Å². The number of carbonyl (C=O) groups excluding carboxylic acids is 1. The first-order chi connectivity index (χ1) is 9.52. The second-order valence-corrected chi connectivity index (χ2v) is 6.54. The van der Waals surface area contributed by atoms with Crippen molar-refractivity contribution in [1.82, 2.24) is 5.32 Å². The van der Waals surface area contributed by atoms with Crippen LogP contribution < -0.4 is 11.1 Å². The van der Waals surface area contributed by atoms with Crippen molar-refractivity contribution in [3.05, 3.63) is 35.9 Å². The quantitative estimate of drug-likeness (QED) is 0.887. The minimum atomic E-state index is -0.298. The Balaban J connectivity index is 1.87. The predicted octanol–water partition coefficient (Wildman–Crippen LogP) is 2.81. The molecule has 0 saturated heterocycles. The Labute approximate surface area is 121 Å². The van der Waals surface area contributed by atoms with Crippen LogP contribution in [-0.2, 0) is 4.79 Å². The Hall–Kier alpha value is -1.35. The van der Waals surface area contributed by atoms with Crippen molar-refractivity contribution in [3.8, 4) is 0 Å². The lowest BCUT2D eigenvalue weighted by Gasteiger charge is -2.31. The highest BCUT2D eigenvalue weighted by molar-refractivity contribution is 5.79. The topological polar surface area (TPSA) is 55.1 Å². The molecule has 1 aromatic carbocycles. The highest BCUT2D eigenvalue weighted by Crippen LogP contribution is 2.35. The standard InChI is InChI=1S/C17H26N2O/c1-17(2,12-18)19-16(20)15-10-8-14(9-11-15)13-6-4-3-5-7-13/h3-7,14-15H,8-12,18H2,1-2H3,(H,19,20). The van der Waals surface area contributed by atoms with Gasteiger partial charge in [0, 0.05) is 18.0 Å². The highest BCUT2D eigenvalue weighted by atomic mass is 16.2. The molecule has 0 atom stereocenters. The summed E-state index contributed by atoms with van der Waals surface area (Å²) < 4.78 is 0. The number of rotatable bonds is 4. The SMILES string of the molecule is CC(C)(CN)NC(=O)C1CCC(c2ccccc2)CC1. The number of nitrogens with two attached hydrogens (primary N) is 1. The average molecular weight is 274 g/mol. The summed E-state index contributed by atoms with van der Waals surface area (Å²) in [7, 11) is 0. The number of amides is 1. The monoisotopic (exact) mass is 274 g/mol. The highest BCUT2D eigenvalue weighted by Gasteiger charge is 2.29. The molecule has 3 heteroatoms. The normalized spacial score (nSPS) is 23.4. The summed E-state index contributed by atoms with van der Waals surface area (Å²) in [6, 6.07) is 10.6. The first-order valence-corrected chi connectivity index (χ1v) is 7.59. The zero-order chi connectivity index (χ0) is 14.6. The zero-order valence-corrected chi connectivity index (χ0v) is 12.6. The van der Waals surface area contributed by atoms with E-state index in [0.29, 0.717) is 12.5 Å². The molecular weight excluding hydrogens is 248 g/mol. The van der Waals surface area contributed by atoms with Crippen molar-refractivity contribution < 1.29 is 4.79 Å². The molecule has 0 spiro atoms. The summed E-state index contributed by atoms with van der Waals surface area (Å²) in [6.07, 6.45) is 4.16. The lowest BCUT2D eigenvalue weighted by molar-refractivity contribution is -0.127. The first kappa shape index (κ1) is 15.0. The lowest BCUT2D eigenvalue weighted by atomic mass is 9.78. The number of carbonyl (C=O) groups is 1. The minimum Gasteiger partial charge on any atom is -0.350 e. The number of hydrogen-bond acceptors (Lipinski definition) is 2. The van der Waals surface area contributed by atoms with E-state index in [2.05, 4.69) is 35.6 Å². The molecule has 1 saturated carbocycles. The van der Waals surface area contributed by atoms with Gasteiger partial charge in [-0.2, -0.15) is 0 Å². The Bertz CT molecular complexity index is 434. The van der Waals surface area contributed by atoms with Crippen LogP contribution in [0, 0.1) is 5.92 Å². The molecule has 3 nitrogen and oxygen atoms in total. The van der Waals surface area contributed by atoms with Crippen molar-refractivity contribution in [2.75, 3.05) is 6.54 Å². The molecule has 2 rings (SSSR count). The first-order valence-electron chi connectivity index (χ1n) is 7.59. The predicted molar refractivity (Wildman–Crippen MR) is 82.4 cm³/mol. The van der Waals surface area contributed by atoms with Crippen LogP contribution in [0.2, 0.25) is 0 Å². The van der Waals surface area contributed by atoms with Gasteiger partial charge >= 0.3 is 0 Å². The van der Waals surface area contributed by atoms with Crippen LogP contribution >= 0.6 is 0 Å². The van der Waals surface area contributed by atoms with Gasteiger partial charge in [-0.1, -0.05) is 30.3 Å². The van der Waals surface area contributed by atoms with Crippen molar-refractivity contribution in [1.29, 1.82) is 0 Å². The molecule has 0 aliphatic heterocycles. The van der Waals surface area contributed by atoms with Gasteiger partial charge in [0.25, 0.3) is 0 Å². The van der Waals surface area contributed by atoms with Crippen LogP contribution in [0.15, 0.2) is 30.3 Å². The van der Waals surface area contributed by atoms with Gasteiger partial charge in [0.05, 0.1) is 0 Å². The molecule has 0 aromatic heterocycles. The molecular formula is C17H26N2O. The van der Waals surface area contributed by atoms with E-state index in [9.17, 15) is 4.79 Å². The fourth-order valence-corrected chi connectivity index (χ4v) is 2.90. The second-order valence-electron chi connectivity index (χ2n) is 6.54. The van der Waals surface area contributed by atoms with Gasteiger partial charge < -0.3 is 11.1 Å². The Morgan fingerprint density at radius 3 is 2.35 bits per heavy atom. The summed E-state index contributed by atoms with van der Waals surface area (Å²) in [5.41, 5.74) is 6.78. The van der Waals surface area contributed by atoms with Crippen LogP contribution in [0.5, 0.6) is 0 Å². The maximum absolute atomic E-state index is 12.2. The van der Waals surface area contributed by atoms with Gasteiger partial charge in [0.1, 0.15) is 0 Å². The molecule has 1 fully saturated rings. The van der Waals surface area contributed by atoms with E-state index >= 15 is 0 Å². The van der Waals surface area contributed by atoms with Crippen LogP contribution in [0.4, 0.5) is 0 Å². The molecule has 110 valence electrons. The minimum absolute atomic E-state index is 0.154. The molecule has 0 bridgehead atoms. The van der Waals surface area contributed by atoms with Gasteiger partial charge in [-0.15, -0.1) is 0 Å². The molecule has 1 aliphatic carbocycles. The van der Waals surface area contributed by atoms with E-state index in [1.807, 2.05) is 13.8 Å². The lowest BCUT2D eigenvalue weighted by Crippen LogP contribution is -2.51. The second kappa shape index (κ2) is 6.40. The van der Waals surface area contributed by atoms with Gasteiger partial charge in [0.2, 0.25) is 5.91 Å². The summed E-state index contributed by atoms with van der Waals surface area (Å²) in [5, 5.41) is 3.07.